The number of nitrogens with zero attached hydrogens (tertiary/aromatic N) is 1. The summed E-state index contributed by atoms with van der Waals surface area (Å²) >= 11 is -1.96. The molecule has 0 bridgehead atoms. The second-order valence-corrected chi connectivity index (χ2v) is 2.24. The Morgan fingerprint density at radius 2 is 2.43 bits per heavy atom. The Morgan fingerprint density at radius 3 is 2.43 bits per heavy atom. The van der Waals surface area contributed by atoms with E-state index in [1.165, 1.54) is 6.92 Å². The maximum Gasteiger partial charge on any atom is 0.180 e. The van der Waals surface area contributed by atoms with Crippen molar-refractivity contribution in [2.24, 2.45) is 5.11 Å². The average molecular weight is 122 g/mol. The highest BCUT2D eigenvalue weighted by Gasteiger charge is 2.02. The molecule has 4 nitrogen and oxygen atoms in total. The topological polar surface area (TPSA) is 73.5 Å². The van der Waals surface area contributed by atoms with Gasteiger partial charge < -0.3 is 4.55 Å². The fraction of sp³-hybridized carbons (Fsp3) is 1.00. The van der Waals surface area contributed by atoms with Crippen molar-refractivity contribution in [1.29, 1.82) is 5.53 Å². The summed E-state index contributed by atoms with van der Waals surface area (Å²) in [6.45, 7) is 1.39. The van der Waals surface area contributed by atoms with Crippen molar-refractivity contribution in [3.8, 4) is 0 Å². The van der Waals surface area contributed by atoms with Crippen LogP contribution in [-0.2, 0) is 11.1 Å². The molecule has 0 aliphatic carbocycles. The van der Waals surface area contributed by atoms with Crippen molar-refractivity contribution < 1.29 is 8.76 Å². The Bertz CT molecular complexity index is 93.7. The minimum atomic E-state index is -1.96. The summed E-state index contributed by atoms with van der Waals surface area (Å²) in [5.41, 5.74) is 6.21. The molecule has 0 amide bonds. The first-order chi connectivity index (χ1) is 3.18. The lowest BCUT2D eigenvalue weighted by Crippen LogP contribution is -2.03. The molecule has 2 unspecified atom stereocenters. The number of hydrogen-bond acceptors (Lipinski definition) is 3. The van der Waals surface area contributed by atoms with Gasteiger partial charge in [0, 0.05) is 0 Å². The van der Waals surface area contributed by atoms with Gasteiger partial charge in [-0.3, -0.25) is 0 Å². The summed E-state index contributed by atoms with van der Waals surface area (Å²) in [7, 11) is 0. The number of nitrogens with one attached hydrogen (secondary N) is 1. The zero-order valence-electron chi connectivity index (χ0n) is 3.79. The average Bonchev–Trinajstić information content (AvgIpc) is 1.65. The fourth-order valence-electron chi connectivity index (χ4n) is 0.0451. The Kier molecular flexibility index (Phi) is 2.70. The van der Waals surface area contributed by atoms with Crippen LogP contribution in [0, 0.1) is 5.53 Å². The van der Waals surface area contributed by atoms with Crippen molar-refractivity contribution in [2.75, 3.05) is 0 Å². The minimum Gasteiger partial charge on any atom is -0.304 e. The third-order valence-electron chi connectivity index (χ3n) is 0.474. The smallest absolute Gasteiger partial charge is 0.180 e. The molecule has 42 valence electrons. The van der Waals surface area contributed by atoms with Crippen LogP contribution in [0.15, 0.2) is 5.11 Å². The van der Waals surface area contributed by atoms with Crippen molar-refractivity contribution in [3.63, 3.8) is 0 Å². The fourth-order valence-corrected chi connectivity index (χ4v) is 0.135. The Hall–Kier alpha value is -0.290. The van der Waals surface area contributed by atoms with Gasteiger partial charge in [-0.2, -0.15) is 5.11 Å². The zero-order valence-corrected chi connectivity index (χ0v) is 4.60. The summed E-state index contributed by atoms with van der Waals surface area (Å²) in [6.07, 6.45) is 0. The van der Waals surface area contributed by atoms with E-state index in [1.807, 2.05) is 0 Å². The first-order valence-electron chi connectivity index (χ1n) is 1.64. The Morgan fingerprint density at radius 1 is 2.00 bits per heavy atom. The molecule has 0 rings (SSSR count). The molecule has 5 heteroatoms. The van der Waals surface area contributed by atoms with E-state index < -0.39 is 16.5 Å². The van der Waals surface area contributed by atoms with E-state index in [0.29, 0.717) is 0 Å². The maximum atomic E-state index is 9.83. The van der Waals surface area contributed by atoms with Gasteiger partial charge in [-0.1, -0.05) is 0 Å². The summed E-state index contributed by atoms with van der Waals surface area (Å²) < 4.78 is 17.9. The lowest BCUT2D eigenvalue weighted by Gasteiger charge is -1.91. The van der Waals surface area contributed by atoms with Crippen molar-refractivity contribution in [1.82, 2.24) is 0 Å². The second kappa shape index (κ2) is 2.81. The molecule has 0 aromatic heterocycles. The normalized spacial score (nSPS) is 18.0. The van der Waals surface area contributed by atoms with Crippen LogP contribution >= 0.6 is 0 Å². The number of hydrogen-bond donors (Lipinski definition) is 2. The van der Waals surface area contributed by atoms with E-state index in [2.05, 4.69) is 5.11 Å². The summed E-state index contributed by atoms with van der Waals surface area (Å²) in [4.78, 5) is 0. The van der Waals surface area contributed by atoms with Crippen molar-refractivity contribution in [3.05, 3.63) is 0 Å². The van der Waals surface area contributed by atoms with Gasteiger partial charge in [-0.25, -0.2) is 9.74 Å². The van der Waals surface area contributed by atoms with Crippen LogP contribution in [0.25, 0.3) is 0 Å². The van der Waals surface area contributed by atoms with Gasteiger partial charge in [-0.15, -0.1) is 0 Å². The van der Waals surface area contributed by atoms with Gasteiger partial charge in [0.25, 0.3) is 0 Å². The molecular formula is C2H6N2O2S. The number of rotatable bonds is 2. The first kappa shape index (κ1) is 6.71. The quantitative estimate of drug-likeness (QED) is 0.415. The SMILES string of the molecule is CC(N=N)S(=O)O. The van der Waals surface area contributed by atoms with E-state index >= 15 is 0 Å². The molecule has 0 spiro atoms. The van der Waals surface area contributed by atoms with E-state index in [9.17, 15) is 4.21 Å². The molecule has 0 saturated carbocycles. The van der Waals surface area contributed by atoms with Crippen LogP contribution in [0.5, 0.6) is 0 Å². The van der Waals surface area contributed by atoms with Crippen LogP contribution in [-0.4, -0.2) is 14.1 Å². The lowest BCUT2D eigenvalue weighted by atomic mass is 10.8. The van der Waals surface area contributed by atoms with Gasteiger partial charge in [0.05, 0.1) is 0 Å². The van der Waals surface area contributed by atoms with E-state index in [-0.39, 0.29) is 0 Å². The summed E-state index contributed by atoms with van der Waals surface area (Å²) in [5.74, 6) is 0. The van der Waals surface area contributed by atoms with Crippen LogP contribution in [0.1, 0.15) is 6.92 Å². The summed E-state index contributed by atoms with van der Waals surface area (Å²) in [6, 6.07) is 0. The highest BCUT2D eigenvalue weighted by molar-refractivity contribution is 7.79. The maximum absolute atomic E-state index is 9.83. The molecule has 0 aromatic carbocycles. The van der Waals surface area contributed by atoms with Crippen LogP contribution < -0.4 is 0 Å². The van der Waals surface area contributed by atoms with Gasteiger partial charge >= 0.3 is 0 Å². The first-order valence-corrected chi connectivity index (χ1v) is 2.81. The highest BCUT2D eigenvalue weighted by Crippen LogP contribution is 1.89. The third-order valence-corrected chi connectivity index (χ3v) is 1.16. The third kappa shape index (κ3) is 2.41. The zero-order chi connectivity index (χ0) is 5.86. The van der Waals surface area contributed by atoms with Gasteiger partial charge in [-0.05, 0) is 6.92 Å². The molecule has 2 atom stereocenters. The van der Waals surface area contributed by atoms with E-state index in [0.717, 1.165) is 0 Å². The molecule has 0 fully saturated rings. The van der Waals surface area contributed by atoms with Crippen molar-refractivity contribution in [2.45, 2.75) is 12.3 Å². The molecule has 0 aliphatic heterocycles. The molecular weight excluding hydrogens is 116 g/mol. The Balaban J connectivity index is 3.55. The lowest BCUT2D eigenvalue weighted by molar-refractivity contribution is 0.549. The molecule has 0 heterocycles. The van der Waals surface area contributed by atoms with Crippen LogP contribution in [0.4, 0.5) is 0 Å². The van der Waals surface area contributed by atoms with Gasteiger partial charge in [0.1, 0.15) is 0 Å². The van der Waals surface area contributed by atoms with Crippen LogP contribution in [0.3, 0.4) is 0 Å². The van der Waals surface area contributed by atoms with Crippen LogP contribution in [0.2, 0.25) is 0 Å². The van der Waals surface area contributed by atoms with Gasteiger partial charge in [0.2, 0.25) is 0 Å². The van der Waals surface area contributed by atoms with E-state index in [1.54, 1.807) is 0 Å². The molecule has 0 aliphatic rings. The van der Waals surface area contributed by atoms with Gasteiger partial charge in [0.15, 0.2) is 16.5 Å². The molecule has 2 N–H and O–H groups in total. The molecule has 7 heavy (non-hydrogen) atoms. The summed E-state index contributed by atoms with van der Waals surface area (Å²) in [5, 5.41) is 2.01. The predicted octanol–water partition coefficient (Wildman–Crippen LogP) is 0.585. The molecule has 0 saturated heterocycles. The van der Waals surface area contributed by atoms with E-state index in [4.69, 9.17) is 10.1 Å². The monoisotopic (exact) mass is 122 g/mol. The molecule has 0 aromatic rings. The standard InChI is InChI=1S/C2H6N2O2S/c1-2(4-3)7(5)6/h2-3H,1H3,(H,5,6). The predicted molar refractivity (Wildman–Crippen MR) is 25.4 cm³/mol. The molecule has 0 radical (unpaired) electrons. The second-order valence-electron chi connectivity index (χ2n) is 1.00. The highest BCUT2D eigenvalue weighted by atomic mass is 32.2. The Labute approximate surface area is 43.7 Å². The largest absolute Gasteiger partial charge is 0.304 e. The van der Waals surface area contributed by atoms with Crippen molar-refractivity contribution >= 4 is 11.1 Å². The minimum absolute atomic E-state index is 0.778.